The second-order valence-electron chi connectivity index (χ2n) is 4.61. The molecule has 22 heavy (non-hydrogen) atoms. The molecule has 0 aliphatic carbocycles. The van der Waals surface area contributed by atoms with Crippen molar-refractivity contribution in [2.75, 3.05) is 0 Å². The van der Waals surface area contributed by atoms with Crippen LogP contribution in [-0.2, 0) is 6.42 Å². The topological polar surface area (TPSA) is 0 Å². The number of unbranched alkanes of at least 4 members (excludes halogenated alkanes) is 1. The molecule has 2 rings (SSSR count). The molecule has 0 bridgehead atoms. The van der Waals surface area contributed by atoms with Crippen molar-refractivity contribution in [3.8, 4) is 0 Å². The van der Waals surface area contributed by atoms with Crippen LogP contribution in [0.2, 0.25) is 0 Å². The Hall–Kier alpha value is -1.82. The van der Waals surface area contributed by atoms with E-state index in [0.717, 1.165) is 12.0 Å². The van der Waals surface area contributed by atoms with Gasteiger partial charge < -0.3 is 0 Å². The molecule has 0 aliphatic heterocycles. The Labute approximate surface area is 137 Å². The Balaban J connectivity index is 0.00000102. The van der Waals surface area contributed by atoms with Crippen LogP contribution in [0.3, 0.4) is 0 Å². The van der Waals surface area contributed by atoms with Gasteiger partial charge in [-0.2, -0.15) is 0 Å². The van der Waals surface area contributed by atoms with Gasteiger partial charge in [-0.05, 0) is 35.1 Å². The van der Waals surface area contributed by atoms with Crippen molar-refractivity contribution < 1.29 is 0 Å². The van der Waals surface area contributed by atoms with E-state index in [9.17, 15) is 0 Å². The summed E-state index contributed by atoms with van der Waals surface area (Å²) >= 11 is 0. The quantitative estimate of drug-likeness (QED) is 0.550. The summed E-state index contributed by atoms with van der Waals surface area (Å²) in [5.41, 5.74) is 5.04. The molecular formula is C22H32. The average molecular weight is 296 g/mol. The van der Waals surface area contributed by atoms with E-state index in [4.69, 9.17) is 0 Å². The molecule has 0 unspecified atom stereocenters. The van der Waals surface area contributed by atoms with E-state index in [2.05, 4.69) is 62.0 Å². The molecule has 120 valence electrons. The van der Waals surface area contributed by atoms with Crippen molar-refractivity contribution >= 4 is 5.57 Å². The zero-order chi connectivity index (χ0) is 16.8. The molecule has 2 aromatic rings. The predicted molar refractivity (Wildman–Crippen MR) is 102 cm³/mol. The molecule has 0 spiro atoms. The van der Waals surface area contributed by atoms with Crippen LogP contribution >= 0.6 is 0 Å². The predicted octanol–water partition coefficient (Wildman–Crippen LogP) is 7.14. The lowest BCUT2D eigenvalue weighted by Gasteiger charge is -2.12. The second kappa shape index (κ2) is 12.9. The van der Waals surface area contributed by atoms with Gasteiger partial charge in [0.25, 0.3) is 0 Å². The van der Waals surface area contributed by atoms with Crippen molar-refractivity contribution in [1.82, 2.24) is 0 Å². The Morgan fingerprint density at radius 2 is 1.36 bits per heavy atom. The highest BCUT2D eigenvalue weighted by molar-refractivity contribution is 5.79. The molecule has 0 aliphatic rings. The molecule has 0 saturated carbocycles. The molecule has 0 heteroatoms. The summed E-state index contributed by atoms with van der Waals surface area (Å²) in [6.07, 6.45) is 3.60. The van der Waals surface area contributed by atoms with E-state index in [0.29, 0.717) is 0 Å². The van der Waals surface area contributed by atoms with E-state index in [-0.39, 0.29) is 0 Å². The van der Waals surface area contributed by atoms with Crippen LogP contribution in [0.15, 0.2) is 61.2 Å². The summed E-state index contributed by atoms with van der Waals surface area (Å²) in [7, 11) is 0. The number of aryl methyl sites for hydroxylation is 1. The largest absolute Gasteiger partial charge is 0.0905 e. The van der Waals surface area contributed by atoms with Crippen LogP contribution in [0.25, 0.3) is 5.57 Å². The van der Waals surface area contributed by atoms with Gasteiger partial charge in [0.15, 0.2) is 0 Å². The van der Waals surface area contributed by atoms with Crippen molar-refractivity contribution in [2.24, 2.45) is 0 Å². The minimum Gasteiger partial charge on any atom is -0.0905 e. The van der Waals surface area contributed by atoms with Crippen molar-refractivity contribution in [3.05, 3.63) is 77.9 Å². The molecule has 0 nitrogen and oxygen atoms in total. The van der Waals surface area contributed by atoms with Crippen LogP contribution < -0.4 is 0 Å². The Bertz CT molecular complexity index is 509. The lowest BCUT2D eigenvalue weighted by molar-refractivity contribution is 0.794. The van der Waals surface area contributed by atoms with Gasteiger partial charge in [-0.25, -0.2) is 0 Å². The normalized spacial score (nSPS) is 8.95. The first kappa shape index (κ1) is 20.2. The maximum atomic E-state index is 4.26. The van der Waals surface area contributed by atoms with Gasteiger partial charge in [0.05, 0.1) is 0 Å². The van der Waals surface area contributed by atoms with Crippen LogP contribution in [0, 0.1) is 0 Å². The van der Waals surface area contributed by atoms with Gasteiger partial charge in [0.2, 0.25) is 0 Å². The molecule has 2 aromatic carbocycles. The Kier molecular flexibility index (Phi) is 11.8. The third-order valence-electron chi connectivity index (χ3n) is 3.26. The zero-order valence-electron chi connectivity index (χ0n) is 15.0. The summed E-state index contributed by atoms with van der Waals surface area (Å²) in [4.78, 5) is 0. The number of hydrogen-bond donors (Lipinski definition) is 0. The van der Waals surface area contributed by atoms with Gasteiger partial charge in [-0.3, -0.25) is 0 Å². The van der Waals surface area contributed by atoms with Crippen molar-refractivity contribution in [1.29, 1.82) is 0 Å². The smallest absolute Gasteiger partial charge is 0.0152 e. The van der Waals surface area contributed by atoms with Gasteiger partial charge in [-0.15, -0.1) is 0 Å². The van der Waals surface area contributed by atoms with E-state index in [1.54, 1.807) is 0 Å². The molecular weight excluding hydrogens is 264 g/mol. The molecule has 0 radical (unpaired) electrons. The monoisotopic (exact) mass is 296 g/mol. The van der Waals surface area contributed by atoms with Crippen LogP contribution in [0.5, 0.6) is 0 Å². The highest BCUT2D eigenvalue weighted by atomic mass is 14.1. The maximum Gasteiger partial charge on any atom is -0.0152 e. The fraction of sp³-hybridized carbons (Fsp3) is 0.364. The maximum absolute atomic E-state index is 4.26. The zero-order valence-corrected chi connectivity index (χ0v) is 15.0. The second-order valence-corrected chi connectivity index (χ2v) is 4.61. The molecule has 0 heterocycles. The summed E-state index contributed by atoms with van der Waals surface area (Å²) in [5.74, 6) is 0. The number of rotatable bonds is 5. The first-order valence-corrected chi connectivity index (χ1v) is 8.65. The van der Waals surface area contributed by atoms with Crippen LogP contribution in [0.4, 0.5) is 0 Å². The van der Waals surface area contributed by atoms with E-state index in [1.165, 1.54) is 29.5 Å². The summed E-state index contributed by atoms with van der Waals surface area (Å²) < 4.78 is 0. The molecule has 0 N–H and O–H groups in total. The molecule has 0 aromatic heterocycles. The van der Waals surface area contributed by atoms with Crippen LogP contribution in [-0.4, -0.2) is 0 Å². The fourth-order valence-corrected chi connectivity index (χ4v) is 2.19. The van der Waals surface area contributed by atoms with E-state index >= 15 is 0 Å². The summed E-state index contributed by atoms with van der Waals surface area (Å²) in [6, 6.07) is 19.0. The first-order chi connectivity index (χ1) is 10.8. The third-order valence-corrected chi connectivity index (χ3v) is 3.26. The van der Waals surface area contributed by atoms with Gasteiger partial charge >= 0.3 is 0 Å². The lowest BCUT2D eigenvalue weighted by Crippen LogP contribution is -1.94. The van der Waals surface area contributed by atoms with Gasteiger partial charge in [0, 0.05) is 0 Å². The summed E-state index contributed by atoms with van der Waals surface area (Å²) in [5, 5.41) is 0. The number of hydrogen-bond acceptors (Lipinski definition) is 0. The average Bonchev–Trinajstić information content (AvgIpc) is 2.63. The SMILES string of the molecule is C=C(c1ccccc1)c1ccccc1CCCC.CC.CC. The molecule has 0 amide bonds. The fourth-order valence-electron chi connectivity index (χ4n) is 2.19. The highest BCUT2D eigenvalue weighted by Gasteiger charge is 2.06. The molecule has 0 atom stereocenters. The van der Waals surface area contributed by atoms with E-state index in [1.807, 2.05) is 33.8 Å². The number of benzene rings is 2. The minimum atomic E-state index is 1.13. The lowest BCUT2D eigenvalue weighted by atomic mass is 9.93. The molecule has 0 saturated heterocycles. The first-order valence-electron chi connectivity index (χ1n) is 8.65. The van der Waals surface area contributed by atoms with E-state index < -0.39 is 0 Å². The minimum absolute atomic E-state index is 1.13. The Morgan fingerprint density at radius 1 is 0.818 bits per heavy atom. The van der Waals surface area contributed by atoms with Gasteiger partial charge in [-0.1, -0.05) is 102 Å². The molecule has 0 fully saturated rings. The van der Waals surface area contributed by atoms with Gasteiger partial charge in [0.1, 0.15) is 0 Å². The van der Waals surface area contributed by atoms with Crippen LogP contribution in [0.1, 0.15) is 64.2 Å². The highest BCUT2D eigenvalue weighted by Crippen LogP contribution is 2.25. The Morgan fingerprint density at radius 3 is 1.95 bits per heavy atom. The standard InChI is InChI=1S/C18H20.2C2H6/c1-3-4-10-17-13-8-9-14-18(17)15(2)16-11-6-5-7-12-16;2*1-2/h5-9,11-14H,2-4,10H2,1H3;2*1-2H3. The van der Waals surface area contributed by atoms with Crippen molar-refractivity contribution in [3.63, 3.8) is 0 Å². The van der Waals surface area contributed by atoms with Crippen molar-refractivity contribution in [2.45, 2.75) is 53.9 Å². The third kappa shape index (κ3) is 6.30. The summed E-state index contributed by atoms with van der Waals surface area (Å²) in [6.45, 7) is 14.5.